The quantitative estimate of drug-likeness (QED) is 0.191. The summed E-state index contributed by atoms with van der Waals surface area (Å²) in [7, 11) is 0. The molecule has 0 saturated carbocycles. The van der Waals surface area contributed by atoms with E-state index in [1.165, 1.54) is 60.7 Å². The summed E-state index contributed by atoms with van der Waals surface area (Å²) >= 11 is 0. The number of allylic oxidation sites excluding steroid dienone is 1. The van der Waals surface area contributed by atoms with Gasteiger partial charge < -0.3 is 9.47 Å². The first-order valence-corrected chi connectivity index (χ1v) is 9.11. The molecule has 1 heterocycles. The highest BCUT2D eigenvalue weighted by Crippen LogP contribution is 2.35. The van der Waals surface area contributed by atoms with Gasteiger partial charge in [-0.2, -0.15) is 0 Å². The summed E-state index contributed by atoms with van der Waals surface area (Å²) in [6.45, 7) is 0. The van der Waals surface area contributed by atoms with Crippen LogP contribution in [0.15, 0.2) is 72.5 Å². The lowest BCUT2D eigenvalue weighted by Gasteiger charge is -2.05. The maximum atomic E-state index is 12.6. The highest BCUT2D eigenvalue weighted by Gasteiger charge is 2.28. The number of esters is 1. The van der Waals surface area contributed by atoms with E-state index in [4.69, 9.17) is 9.47 Å². The highest BCUT2D eigenvalue weighted by molar-refractivity contribution is 6.14. The van der Waals surface area contributed by atoms with Crippen LogP contribution in [0.5, 0.6) is 11.5 Å². The van der Waals surface area contributed by atoms with E-state index in [0.29, 0.717) is 5.56 Å². The number of ketones is 1. The van der Waals surface area contributed by atoms with Crippen LogP contribution >= 0.6 is 0 Å². The molecular formula is C22H12N2O8. The van der Waals surface area contributed by atoms with Crippen LogP contribution in [0, 0.1) is 20.2 Å². The van der Waals surface area contributed by atoms with Gasteiger partial charge in [0.05, 0.1) is 21.0 Å². The number of carbonyl (C=O) groups excluding carboxylic acids is 2. The number of non-ortho nitro benzene ring substituents is 2. The molecule has 0 amide bonds. The van der Waals surface area contributed by atoms with Crippen molar-refractivity contribution in [3.05, 3.63) is 109 Å². The molecule has 0 spiro atoms. The van der Waals surface area contributed by atoms with Gasteiger partial charge in [-0.25, -0.2) is 4.79 Å². The van der Waals surface area contributed by atoms with Crippen molar-refractivity contribution >= 4 is 29.2 Å². The van der Waals surface area contributed by atoms with Gasteiger partial charge in [-0.15, -0.1) is 0 Å². The Morgan fingerprint density at radius 2 is 1.59 bits per heavy atom. The molecule has 10 heteroatoms. The summed E-state index contributed by atoms with van der Waals surface area (Å²) in [4.78, 5) is 45.5. The van der Waals surface area contributed by atoms with E-state index >= 15 is 0 Å². The van der Waals surface area contributed by atoms with Crippen LogP contribution in [0.3, 0.4) is 0 Å². The highest BCUT2D eigenvalue weighted by atomic mass is 16.6. The van der Waals surface area contributed by atoms with Gasteiger partial charge in [0, 0.05) is 30.3 Å². The van der Waals surface area contributed by atoms with Crippen molar-refractivity contribution in [3.8, 4) is 11.5 Å². The van der Waals surface area contributed by atoms with Gasteiger partial charge in [0.2, 0.25) is 5.78 Å². The normalized spacial score (nSPS) is 13.4. The van der Waals surface area contributed by atoms with E-state index in [9.17, 15) is 29.8 Å². The first-order valence-electron chi connectivity index (χ1n) is 9.11. The fourth-order valence-electron chi connectivity index (χ4n) is 3.02. The molecule has 0 atom stereocenters. The van der Waals surface area contributed by atoms with Gasteiger partial charge in [-0.3, -0.25) is 25.0 Å². The Bertz CT molecular complexity index is 1330. The van der Waals surface area contributed by atoms with E-state index in [-0.39, 0.29) is 39.8 Å². The number of benzene rings is 3. The minimum Gasteiger partial charge on any atom is -0.452 e. The van der Waals surface area contributed by atoms with E-state index < -0.39 is 21.6 Å². The molecule has 158 valence electrons. The minimum absolute atomic E-state index is 0.0112. The Morgan fingerprint density at radius 3 is 2.31 bits per heavy atom. The Hall–Kier alpha value is -4.86. The summed E-state index contributed by atoms with van der Waals surface area (Å²) in [5.41, 5.74) is 0.253. The van der Waals surface area contributed by atoms with Crippen molar-refractivity contribution in [2.24, 2.45) is 0 Å². The van der Waals surface area contributed by atoms with Crippen LogP contribution in [0.4, 0.5) is 11.4 Å². The molecule has 1 aliphatic rings. The largest absolute Gasteiger partial charge is 0.452 e. The minimum atomic E-state index is -0.815. The Morgan fingerprint density at radius 1 is 0.906 bits per heavy atom. The number of Topliss-reactive ketones (excluding diaryl/α,β-unsaturated/α-hetero) is 1. The van der Waals surface area contributed by atoms with Crippen LogP contribution in [0.1, 0.15) is 26.3 Å². The smallest absolute Gasteiger partial charge is 0.343 e. The van der Waals surface area contributed by atoms with Crippen molar-refractivity contribution < 1.29 is 28.9 Å². The van der Waals surface area contributed by atoms with Crippen molar-refractivity contribution in [3.63, 3.8) is 0 Å². The van der Waals surface area contributed by atoms with Gasteiger partial charge in [0.1, 0.15) is 11.5 Å². The number of rotatable bonds is 5. The van der Waals surface area contributed by atoms with E-state index in [0.717, 1.165) is 6.07 Å². The second kappa shape index (κ2) is 8.11. The van der Waals surface area contributed by atoms with Crippen molar-refractivity contribution in [1.82, 2.24) is 0 Å². The third-order valence-electron chi connectivity index (χ3n) is 4.52. The summed E-state index contributed by atoms with van der Waals surface area (Å²) < 4.78 is 10.8. The number of nitro benzene ring substituents is 2. The van der Waals surface area contributed by atoms with Crippen LogP contribution in [-0.4, -0.2) is 21.6 Å². The molecule has 1 aliphatic heterocycles. The molecule has 0 saturated heterocycles. The number of carbonyl (C=O) groups is 2. The first kappa shape index (κ1) is 20.4. The van der Waals surface area contributed by atoms with Crippen molar-refractivity contribution in [2.75, 3.05) is 0 Å². The predicted molar refractivity (Wildman–Crippen MR) is 111 cm³/mol. The fraction of sp³-hybridized carbons (Fsp3) is 0. The maximum Gasteiger partial charge on any atom is 0.343 e. The number of hydrogen-bond acceptors (Lipinski definition) is 8. The van der Waals surface area contributed by atoms with Gasteiger partial charge in [0.25, 0.3) is 11.4 Å². The topological polar surface area (TPSA) is 139 Å². The third-order valence-corrected chi connectivity index (χ3v) is 4.52. The number of hydrogen-bond donors (Lipinski definition) is 0. The second-order valence-corrected chi connectivity index (χ2v) is 6.65. The molecule has 3 aromatic carbocycles. The lowest BCUT2D eigenvalue weighted by Crippen LogP contribution is -2.08. The zero-order chi connectivity index (χ0) is 22.8. The Kier molecular flexibility index (Phi) is 5.17. The molecule has 0 aliphatic carbocycles. The average molecular weight is 432 g/mol. The van der Waals surface area contributed by atoms with Crippen LogP contribution in [0.25, 0.3) is 6.08 Å². The van der Waals surface area contributed by atoms with Crippen LogP contribution < -0.4 is 9.47 Å². The lowest BCUT2D eigenvalue weighted by atomic mass is 10.1. The number of nitro groups is 2. The van der Waals surface area contributed by atoms with Crippen molar-refractivity contribution in [2.45, 2.75) is 0 Å². The molecule has 0 unspecified atom stereocenters. The van der Waals surface area contributed by atoms with E-state index in [1.54, 1.807) is 6.07 Å². The first-order chi connectivity index (χ1) is 15.3. The molecule has 0 bridgehead atoms. The Labute approximate surface area is 179 Å². The van der Waals surface area contributed by atoms with Crippen LogP contribution in [0.2, 0.25) is 0 Å². The molecule has 4 rings (SSSR count). The van der Waals surface area contributed by atoms with Crippen LogP contribution in [-0.2, 0) is 0 Å². The van der Waals surface area contributed by atoms with Crippen molar-refractivity contribution in [1.29, 1.82) is 0 Å². The zero-order valence-corrected chi connectivity index (χ0v) is 16.1. The van der Waals surface area contributed by atoms with Gasteiger partial charge in [-0.1, -0.05) is 18.2 Å². The predicted octanol–water partition coefficient (Wildman–Crippen LogP) is 4.34. The lowest BCUT2D eigenvalue weighted by molar-refractivity contribution is -0.385. The molecule has 0 N–H and O–H groups in total. The molecule has 0 fully saturated rings. The second-order valence-electron chi connectivity index (χ2n) is 6.65. The van der Waals surface area contributed by atoms with Gasteiger partial charge in [0.15, 0.2) is 5.76 Å². The summed E-state index contributed by atoms with van der Waals surface area (Å²) in [6, 6.07) is 15.0. The summed E-state index contributed by atoms with van der Waals surface area (Å²) in [5, 5.41) is 21.8. The molecule has 0 radical (unpaired) electrons. The number of ether oxygens (including phenoxy) is 2. The van der Waals surface area contributed by atoms with Gasteiger partial charge >= 0.3 is 5.97 Å². The third kappa shape index (κ3) is 4.05. The SMILES string of the molecule is O=C(Oc1ccc2c(c1)O/C(=C\c1cccc([N+](=O)[O-])c1)C2=O)c1cccc([N+](=O)[O-])c1. The molecule has 0 aromatic heterocycles. The Balaban J connectivity index is 1.55. The average Bonchev–Trinajstić information content (AvgIpc) is 3.08. The monoisotopic (exact) mass is 432 g/mol. The van der Waals surface area contributed by atoms with E-state index in [1.807, 2.05) is 0 Å². The zero-order valence-electron chi connectivity index (χ0n) is 16.1. The molecule has 10 nitrogen and oxygen atoms in total. The maximum absolute atomic E-state index is 12.6. The number of nitrogens with zero attached hydrogens (tertiary/aromatic N) is 2. The summed E-state index contributed by atoms with van der Waals surface area (Å²) in [6.07, 6.45) is 1.38. The van der Waals surface area contributed by atoms with E-state index in [2.05, 4.69) is 0 Å². The molecular weight excluding hydrogens is 420 g/mol. The number of fused-ring (bicyclic) bond motifs is 1. The van der Waals surface area contributed by atoms with Gasteiger partial charge in [-0.05, 0) is 29.8 Å². The summed E-state index contributed by atoms with van der Waals surface area (Å²) in [5.74, 6) is -1.06. The standard InChI is InChI=1S/C22H12N2O8/c25-21-18-8-7-17(31-22(26)14-4-2-6-16(11-14)24(29)30)12-19(18)32-20(21)10-13-3-1-5-15(9-13)23(27)28/h1-12H/b20-10-. The fourth-order valence-corrected chi connectivity index (χ4v) is 3.02. The molecule has 32 heavy (non-hydrogen) atoms. The molecule has 3 aromatic rings.